The lowest BCUT2D eigenvalue weighted by Crippen LogP contribution is -1.93. The van der Waals surface area contributed by atoms with E-state index in [9.17, 15) is 4.79 Å². The summed E-state index contributed by atoms with van der Waals surface area (Å²) in [5, 5.41) is 8.56. The van der Waals surface area contributed by atoms with E-state index in [4.69, 9.17) is 5.11 Å². The minimum atomic E-state index is -0.655. The summed E-state index contributed by atoms with van der Waals surface area (Å²) in [6.07, 6.45) is 28.6. The van der Waals surface area contributed by atoms with Crippen LogP contribution in [0.25, 0.3) is 0 Å². The third-order valence-electron chi connectivity index (χ3n) is 4.90. The Hall–Kier alpha value is -0.790. The summed E-state index contributed by atoms with van der Waals surface area (Å²) in [5.41, 5.74) is 0. The lowest BCUT2D eigenvalue weighted by molar-refractivity contribution is -0.137. The molecule has 0 unspecified atom stereocenters. The van der Waals surface area contributed by atoms with Crippen molar-refractivity contribution < 1.29 is 9.90 Å². The van der Waals surface area contributed by atoms with E-state index in [1.165, 1.54) is 103 Å². The second-order valence-corrected chi connectivity index (χ2v) is 7.50. The van der Waals surface area contributed by atoms with Crippen LogP contribution in [-0.2, 0) is 4.79 Å². The molecule has 0 heterocycles. The van der Waals surface area contributed by atoms with Gasteiger partial charge in [0.05, 0.1) is 0 Å². The fourth-order valence-electron chi connectivity index (χ4n) is 3.23. The van der Waals surface area contributed by atoms with Crippen LogP contribution in [0.5, 0.6) is 0 Å². The molecule has 1 N–H and O–H groups in total. The first-order valence-corrected chi connectivity index (χ1v) is 11.1. The van der Waals surface area contributed by atoms with Crippen LogP contribution in [0.3, 0.4) is 0 Å². The van der Waals surface area contributed by atoms with E-state index in [1.54, 1.807) is 0 Å². The first kappa shape index (κ1) is 24.2. The number of rotatable bonds is 20. The summed E-state index contributed by atoms with van der Waals surface area (Å²) in [6, 6.07) is 0. The van der Waals surface area contributed by atoms with Crippen molar-refractivity contribution in [1.29, 1.82) is 0 Å². The summed E-state index contributed by atoms with van der Waals surface area (Å²) >= 11 is 0. The molecule has 0 rings (SSSR count). The number of hydrogen-bond acceptors (Lipinski definition) is 1. The van der Waals surface area contributed by atoms with Gasteiger partial charge in [-0.1, -0.05) is 103 Å². The van der Waals surface area contributed by atoms with Gasteiger partial charge in [-0.2, -0.15) is 0 Å². The van der Waals surface area contributed by atoms with Crippen LogP contribution < -0.4 is 0 Å². The van der Waals surface area contributed by atoms with E-state index in [1.807, 2.05) is 0 Å². The number of unbranched alkanes of at least 4 members (excludes halogenated alkanes) is 16. The fourth-order valence-corrected chi connectivity index (χ4v) is 3.23. The van der Waals surface area contributed by atoms with Crippen LogP contribution in [0, 0.1) is 0 Å². The Morgan fingerprint density at radius 1 is 0.600 bits per heavy atom. The zero-order chi connectivity index (χ0) is 18.4. The Morgan fingerprint density at radius 2 is 0.960 bits per heavy atom. The summed E-state index contributed by atoms with van der Waals surface area (Å²) in [4.78, 5) is 10.4. The highest BCUT2D eigenvalue weighted by atomic mass is 16.4. The standard InChI is InChI=1S/C23H44O2/c1-2-3-4-5-6-7-8-9-10-11-12-13-14-15-16-17-18-19-20-21-22-23(24)25/h9-10H,2-8,11-22H2,1H3,(H,24,25)/b10-9-. The van der Waals surface area contributed by atoms with Gasteiger partial charge in [0.15, 0.2) is 0 Å². The minimum Gasteiger partial charge on any atom is -0.481 e. The van der Waals surface area contributed by atoms with E-state index < -0.39 is 5.97 Å². The molecule has 0 aromatic carbocycles. The van der Waals surface area contributed by atoms with Crippen LogP contribution in [0.2, 0.25) is 0 Å². The second-order valence-electron chi connectivity index (χ2n) is 7.50. The van der Waals surface area contributed by atoms with Gasteiger partial charge in [-0.25, -0.2) is 0 Å². The average molecular weight is 353 g/mol. The van der Waals surface area contributed by atoms with Crippen molar-refractivity contribution in [2.75, 3.05) is 0 Å². The zero-order valence-electron chi connectivity index (χ0n) is 16.9. The van der Waals surface area contributed by atoms with Gasteiger partial charge in [0.25, 0.3) is 0 Å². The van der Waals surface area contributed by atoms with Crippen molar-refractivity contribution >= 4 is 5.97 Å². The lowest BCUT2D eigenvalue weighted by atomic mass is 10.0. The largest absolute Gasteiger partial charge is 0.481 e. The first-order valence-electron chi connectivity index (χ1n) is 11.1. The molecule has 0 aromatic heterocycles. The van der Waals surface area contributed by atoms with E-state index >= 15 is 0 Å². The molecular formula is C23H44O2. The van der Waals surface area contributed by atoms with Crippen molar-refractivity contribution in [3.63, 3.8) is 0 Å². The number of allylic oxidation sites excluding steroid dienone is 2. The van der Waals surface area contributed by atoms with Crippen LogP contribution in [0.15, 0.2) is 12.2 Å². The molecule has 0 amide bonds. The molecule has 25 heavy (non-hydrogen) atoms. The maximum Gasteiger partial charge on any atom is 0.303 e. The maximum absolute atomic E-state index is 10.4. The van der Waals surface area contributed by atoms with E-state index in [2.05, 4.69) is 19.1 Å². The van der Waals surface area contributed by atoms with E-state index in [0.29, 0.717) is 6.42 Å². The molecule has 0 fully saturated rings. The summed E-state index contributed by atoms with van der Waals surface area (Å²) in [7, 11) is 0. The third kappa shape index (κ3) is 23.2. The molecule has 0 saturated heterocycles. The fraction of sp³-hybridized carbons (Fsp3) is 0.870. The Morgan fingerprint density at radius 3 is 1.36 bits per heavy atom. The molecule has 0 spiro atoms. The highest BCUT2D eigenvalue weighted by molar-refractivity contribution is 5.66. The second kappa shape index (κ2) is 21.3. The van der Waals surface area contributed by atoms with E-state index in [0.717, 1.165) is 12.8 Å². The van der Waals surface area contributed by atoms with Crippen LogP contribution >= 0.6 is 0 Å². The molecule has 0 aliphatic rings. The van der Waals surface area contributed by atoms with Gasteiger partial charge in [-0.15, -0.1) is 0 Å². The van der Waals surface area contributed by atoms with Gasteiger partial charge in [-0.05, 0) is 32.1 Å². The highest BCUT2D eigenvalue weighted by Crippen LogP contribution is 2.12. The SMILES string of the molecule is CCCCCCCC/C=C\CCCCCCCCCCCCC(=O)O. The van der Waals surface area contributed by atoms with Crippen molar-refractivity contribution in [1.82, 2.24) is 0 Å². The maximum atomic E-state index is 10.4. The van der Waals surface area contributed by atoms with E-state index in [-0.39, 0.29) is 0 Å². The van der Waals surface area contributed by atoms with Gasteiger partial charge in [-0.3, -0.25) is 4.79 Å². The highest BCUT2D eigenvalue weighted by Gasteiger charge is 1.96. The molecule has 0 atom stereocenters. The summed E-state index contributed by atoms with van der Waals surface area (Å²) in [6.45, 7) is 2.27. The van der Waals surface area contributed by atoms with Gasteiger partial charge in [0.2, 0.25) is 0 Å². The Kier molecular flexibility index (Phi) is 20.6. The van der Waals surface area contributed by atoms with Crippen molar-refractivity contribution in [3.8, 4) is 0 Å². The van der Waals surface area contributed by atoms with Crippen molar-refractivity contribution in [2.24, 2.45) is 0 Å². The Labute approximate surface area is 157 Å². The molecule has 2 nitrogen and oxygen atoms in total. The number of hydrogen-bond donors (Lipinski definition) is 1. The summed E-state index contributed by atoms with van der Waals surface area (Å²) in [5.74, 6) is -0.655. The smallest absolute Gasteiger partial charge is 0.303 e. The third-order valence-corrected chi connectivity index (χ3v) is 4.90. The van der Waals surface area contributed by atoms with Gasteiger partial charge < -0.3 is 5.11 Å². The topological polar surface area (TPSA) is 37.3 Å². The molecule has 148 valence electrons. The molecule has 0 aromatic rings. The molecule has 0 radical (unpaired) electrons. The van der Waals surface area contributed by atoms with Crippen LogP contribution in [-0.4, -0.2) is 11.1 Å². The molecule has 0 aliphatic carbocycles. The molecule has 0 saturated carbocycles. The normalized spacial score (nSPS) is 11.4. The predicted molar refractivity (Wildman–Crippen MR) is 110 cm³/mol. The number of carboxylic acid groups (broad SMARTS) is 1. The monoisotopic (exact) mass is 352 g/mol. The average Bonchev–Trinajstić information content (AvgIpc) is 2.60. The lowest BCUT2D eigenvalue weighted by Gasteiger charge is -2.02. The molecular weight excluding hydrogens is 308 g/mol. The quantitative estimate of drug-likeness (QED) is 0.178. The number of carboxylic acids is 1. The minimum absolute atomic E-state index is 0.341. The number of carbonyl (C=O) groups is 1. The summed E-state index contributed by atoms with van der Waals surface area (Å²) < 4.78 is 0. The Bertz CT molecular complexity index is 296. The van der Waals surface area contributed by atoms with Gasteiger partial charge in [0, 0.05) is 6.42 Å². The van der Waals surface area contributed by atoms with Crippen molar-refractivity contribution in [3.05, 3.63) is 12.2 Å². The van der Waals surface area contributed by atoms with Crippen LogP contribution in [0.4, 0.5) is 0 Å². The van der Waals surface area contributed by atoms with Crippen molar-refractivity contribution in [2.45, 2.75) is 129 Å². The number of aliphatic carboxylic acids is 1. The molecule has 0 bridgehead atoms. The zero-order valence-corrected chi connectivity index (χ0v) is 16.9. The van der Waals surface area contributed by atoms with Gasteiger partial charge >= 0.3 is 5.97 Å². The predicted octanol–water partition coefficient (Wildman–Crippen LogP) is 8.06. The van der Waals surface area contributed by atoms with Gasteiger partial charge in [0.1, 0.15) is 0 Å². The van der Waals surface area contributed by atoms with Crippen LogP contribution in [0.1, 0.15) is 129 Å². The molecule has 0 aliphatic heterocycles. The molecule has 2 heteroatoms. The Balaban J connectivity index is 3.06. The first-order chi connectivity index (χ1) is 12.3.